The molecule has 1 amide bonds. The van der Waals surface area contributed by atoms with Gasteiger partial charge in [0.15, 0.2) is 0 Å². The highest BCUT2D eigenvalue weighted by atomic mass is 16.6. The SMILES string of the molecule is C[C@H]1CCCC[C@H]1NC(=O)/C(C#N)=C/c1ccccc1OCc1ccc([N+](=O)[O-])cc1. The lowest BCUT2D eigenvalue weighted by Crippen LogP contribution is -2.41. The Morgan fingerprint density at radius 2 is 1.94 bits per heavy atom. The number of amides is 1. The van der Waals surface area contributed by atoms with Crippen LogP contribution in [0.1, 0.15) is 43.7 Å². The van der Waals surface area contributed by atoms with Gasteiger partial charge in [-0.1, -0.05) is 38.0 Å². The summed E-state index contributed by atoms with van der Waals surface area (Å²) in [5.41, 5.74) is 1.44. The Morgan fingerprint density at radius 3 is 2.61 bits per heavy atom. The fourth-order valence-corrected chi connectivity index (χ4v) is 3.69. The minimum atomic E-state index is -0.451. The summed E-state index contributed by atoms with van der Waals surface area (Å²) in [6.45, 7) is 2.33. The van der Waals surface area contributed by atoms with Crippen LogP contribution >= 0.6 is 0 Å². The van der Waals surface area contributed by atoms with Gasteiger partial charge in [0, 0.05) is 23.7 Å². The molecule has 1 fully saturated rings. The Bertz CT molecular complexity index is 1010. The number of ether oxygens (including phenoxy) is 1. The first-order valence-corrected chi connectivity index (χ1v) is 10.4. The molecule has 0 bridgehead atoms. The van der Waals surface area contributed by atoms with Crippen LogP contribution in [0, 0.1) is 27.4 Å². The molecule has 3 rings (SSSR count). The lowest BCUT2D eigenvalue weighted by Gasteiger charge is -2.29. The molecule has 2 atom stereocenters. The van der Waals surface area contributed by atoms with Crippen molar-refractivity contribution >= 4 is 17.7 Å². The summed E-state index contributed by atoms with van der Waals surface area (Å²) in [4.78, 5) is 23.0. The number of rotatable bonds is 7. The number of nitro groups is 1. The minimum Gasteiger partial charge on any atom is -0.488 e. The van der Waals surface area contributed by atoms with Crippen molar-refractivity contribution in [2.75, 3.05) is 0 Å². The molecule has 0 heterocycles. The highest BCUT2D eigenvalue weighted by molar-refractivity contribution is 6.02. The smallest absolute Gasteiger partial charge is 0.269 e. The van der Waals surface area contributed by atoms with Crippen molar-refractivity contribution in [1.82, 2.24) is 5.32 Å². The molecule has 7 heteroatoms. The van der Waals surface area contributed by atoms with Crippen LogP contribution in [-0.2, 0) is 11.4 Å². The van der Waals surface area contributed by atoms with Gasteiger partial charge in [0.2, 0.25) is 0 Å². The second kappa shape index (κ2) is 10.4. The summed E-state index contributed by atoms with van der Waals surface area (Å²) < 4.78 is 5.86. The Hall–Kier alpha value is -3.66. The number of carbonyl (C=O) groups excluding carboxylic acids is 1. The van der Waals surface area contributed by atoms with Gasteiger partial charge in [0.25, 0.3) is 11.6 Å². The molecule has 1 N–H and O–H groups in total. The van der Waals surface area contributed by atoms with Crippen molar-refractivity contribution in [3.8, 4) is 11.8 Å². The van der Waals surface area contributed by atoms with Crippen LogP contribution in [0.4, 0.5) is 5.69 Å². The number of carbonyl (C=O) groups is 1. The number of hydrogen-bond donors (Lipinski definition) is 1. The van der Waals surface area contributed by atoms with Gasteiger partial charge in [-0.25, -0.2) is 0 Å². The molecular formula is C24H25N3O4. The minimum absolute atomic E-state index is 0.0176. The molecule has 0 aliphatic heterocycles. The molecule has 0 radical (unpaired) electrons. The standard InChI is InChI=1S/C24H25N3O4/c1-17-6-2-4-8-22(17)26-24(28)20(15-25)14-19-7-3-5-9-23(19)31-16-18-10-12-21(13-11-18)27(29)30/h3,5,7,9-14,17,22H,2,4,6,8,16H2,1H3,(H,26,28)/b20-14+/t17-,22+/m0/s1. The van der Waals surface area contributed by atoms with Gasteiger partial charge < -0.3 is 10.1 Å². The monoisotopic (exact) mass is 419 g/mol. The number of nitro benzene ring substituents is 1. The van der Waals surface area contributed by atoms with E-state index in [4.69, 9.17) is 4.74 Å². The number of nitrogens with one attached hydrogen (secondary N) is 1. The summed E-state index contributed by atoms with van der Waals surface area (Å²) >= 11 is 0. The average molecular weight is 419 g/mol. The first-order valence-electron chi connectivity index (χ1n) is 10.4. The number of nitriles is 1. The summed E-state index contributed by atoms with van der Waals surface area (Å²) in [5.74, 6) is 0.550. The fourth-order valence-electron chi connectivity index (χ4n) is 3.69. The molecule has 1 aliphatic carbocycles. The number of benzene rings is 2. The topological polar surface area (TPSA) is 105 Å². The predicted molar refractivity (Wildman–Crippen MR) is 117 cm³/mol. The zero-order valence-electron chi connectivity index (χ0n) is 17.4. The van der Waals surface area contributed by atoms with E-state index in [1.54, 1.807) is 36.4 Å². The Kier molecular flexibility index (Phi) is 7.39. The number of hydrogen-bond acceptors (Lipinski definition) is 5. The molecule has 0 unspecified atom stereocenters. The fraction of sp³-hybridized carbons (Fsp3) is 0.333. The van der Waals surface area contributed by atoms with E-state index in [0.717, 1.165) is 24.8 Å². The van der Waals surface area contributed by atoms with Crippen molar-refractivity contribution in [3.63, 3.8) is 0 Å². The molecule has 0 aromatic heterocycles. The first-order chi connectivity index (χ1) is 15.0. The lowest BCUT2D eigenvalue weighted by atomic mass is 9.86. The van der Waals surface area contributed by atoms with Crippen molar-refractivity contribution in [3.05, 3.63) is 75.3 Å². The third kappa shape index (κ3) is 5.92. The second-order valence-corrected chi connectivity index (χ2v) is 7.76. The molecule has 2 aromatic carbocycles. The lowest BCUT2D eigenvalue weighted by molar-refractivity contribution is -0.384. The van der Waals surface area contributed by atoms with E-state index in [1.807, 2.05) is 6.07 Å². The van der Waals surface area contributed by atoms with Gasteiger partial charge in [0.1, 0.15) is 24.0 Å². The van der Waals surface area contributed by atoms with Crippen molar-refractivity contribution < 1.29 is 14.5 Å². The maximum absolute atomic E-state index is 12.7. The van der Waals surface area contributed by atoms with E-state index >= 15 is 0 Å². The van der Waals surface area contributed by atoms with Gasteiger partial charge in [-0.15, -0.1) is 0 Å². The molecule has 2 aromatic rings. The first kappa shape index (κ1) is 22.0. The number of nitrogens with zero attached hydrogens (tertiary/aromatic N) is 2. The number of para-hydroxylation sites is 1. The van der Waals surface area contributed by atoms with Crippen molar-refractivity contribution in [1.29, 1.82) is 5.26 Å². The summed E-state index contributed by atoms with van der Waals surface area (Å²) in [5, 5.41) is 23.3. The van der Waals surface area contributed by atoms with Crippen LogP contribution in [0.3, 0.4) is 0 Å². The van der Waals surface area contributed by atoms with Crippen LogP contribution in [0.15, 0.2) is 54.1 Å². The summed E-state index contributed by atoms with van der Waals surface area (Å²) in [6, 6.07) is 15.4. The molecule has 1 saturated carbocycles. The van der Waals surface area contributed by atoms with Gasteiger partial charge >= 0.3 is 0 Å². The van der Waals surface area contributed by atoms with Crippen LogP contribution < -0.4 is 10.1 Å². The molecule has 160 valence electrons. The molecule has 31 heavy (non-hydrogen) atoms. The van der Waals surface area contributed by atoms with E-state index in [2.05, 4.69) is 12.2 Å². The summed E-state index contributed by atoms with van der Waals surface area (Å²) in [7, 11) is 0. The van der Waals surface area contributed by atoms with Gasteiger partial charge in [0.05, 0.1) is 4.92 Å². The van der Waals surface area contributed by atoms with E-state index in [1.165, 1.54) is 24.6 Å². The molecule has 1 aliphatic rings. The van der Waals surface area contributed by atoms with Crippen LogP contribution in [-0.4, -0.2) is 16.9 Å². The molecule has 0 spiro atoms. The van der Waals surface area contributed by atoms with Gasteiger partial charge in [-0.05, 0) is 48.6 Å². The third-order valence-electron chi connectivity index (χ3n) is 5.55. The highest BCUT2D eigenvalue weighted by Crippen LogP contribution is 2.25. The third-order valence-corrected chi connectivity index (χ3v) is 5.55. The average Bonchev–Trinajstić information content (AvgIpc) is 2.78. The Balaban J connectivity index is 1.71. The van der Waals surface area contributed by atoms with E-state index in [9.17, 15) is 20.2 Å². The van der Waals surface area contributed by atoms with Crippen molar-refractivity contribution in [2.24, 2.45) is 5.92 Å². The Morgan fingerprint density at radius 1 is 1.23 bits per heavy atom. The maximum Gasteiger partial charge on any atom is 0.269 e. The van der Waals surface area contributed by atoms with E-state index < -0.39 is 4.92 Å². The molecule has 7 nitrogen and oxygen atoms in total. The molecular weight excluding hydrogens is 394 g/mol. The van der Waals surface area contributed by atoms with Crippen LogP contribution in [0.2, 0.25) is 0 Å². The van der Waals surface area contributed by atoms with Crippen molar-refractivity contribution in [2.45, 2.75) is 45.3 Å². The second-order valence-electron chi connectivity index (χ2n) is 7.76. The van der Waals surface area contributed by atoms with Crippen LogP contribution in [0.5, 0.6) is 5.75 Å². The maximum atomic E-state index is 12.7. The van der Waals surface area contributed by atoms with Gasteiger partial charge in [-0.2, -0.15) is 5.26 Å². The summed E-state index contributed by atoms with van der Waals surface area (Å²) in [6.07, 6.45) is 5.80. The normalized spacial score (nSPS) is 18.6. The zero-order chi connectivity index (χ0) is 22.2. The Labute approximate surface area is 181 Å². The highest BCUT2D eigenvalue weighted by Gasteiger charge is 2.24. The molecule has 0 saturated heterocycles. The van der Waals surface area contributed by atoms with E-state index in [-0.39, 0.29) is 29.8 Å². The quantitative estimate of drug-likeness (QED) is 0.301. The zero-order valence-corrected chi connectivity index (χ0v) is 17.4. The van der Waals surface area contributed by atoms with Gasteiger partial charge in [-0.3, -0.25) is 14.9 Å². The predicted octanol–water partition coefficient (Wildman–Crippen LogP) is 4.78. The largest absolute Gasteiger partial charge is 0.488 e. The number of non-ortho nitro benzene ring substituents is 1. The van der Waals surface area contributed by atoms with E-state index in [0.29, 0.717) is 17.2 Å². The van der Waals surface area contributed by atoms with Crippen LogP contribution in [0.25, 0.3) is 6.08 Å².